The number of carbonyl (C=O) groups excluding carboxylic acids is 1. The second kappa shape index (κ2) is 4.69. The zero-order chi connectivity index (χ0) is 16.2. The molecule has 118 valence electrons. The Bertz CT molecular complexity index is 659. The van der Waals surface area contributed by atoms with Crippen LogP contribution in [-0.2, 0) is 4.79 Å². The summed E-state index contributed by atoms with van der Waals surface area (Å²) < 4.78 is 37.9. The second-order valence-corrected chi connectivity index (χ2v) is 5.85. The number of hydrogen-bond donors (Lipinski definition) is 0. The van der Waals surface area contributed by atoms with Gasteiger partial charge in [0.05, 0.1) is 4.92 Å². The third-order valence-electron chi connectivity index (χ3n) is 4.71. The molecular formula is C14H13F3N2O3. The lowest BCUT2D eigenvalue weighted by Gasteiger charge is -2.36. The van der Waals surface area contributed by atoms with Crippen LogP contribution in [0.4, 0.5) is 18.9 Å². The highest BCUT2D eigenvalue weighted by atomic mass is 19.4. The molecule has 1 saturated heterocycles. The van der Waals surface area contributed by atoms with E-state index in [1.54, 1.807) is 6.07 Å². The van der Waals surface area contributed by atoms with Gasteiger partial charge in [-0.2, -0.15) is 13.2 Å². The summed E-state index contributed by atoms with van der Waals surface area (Å²) in [6.45, 7) is 1.86. The Labute approximate surface area is 123 Å². The summed E-state index contributed by atoms with van der Waals surface area (Å²) in [6.07, 6.45) is -4.89. The zero-order valence-electron chi connectivity index (χ0n) is 11.6. The fraction of sp³-hybridized carbons (Fsp3) is 0.500. The van der Waals surface area contributed by atoms with E-state index in [4.69, 9.17) is 0 Å². The predicted octanol–water partition coefficient (Wildman–Crippen LogP) is 2.82. The molecule has 3 rings (SSSR count). The molecule has 0 aromatic heterocycles. The first-order valence-electron chi connectivity index (χ1n) is 6.84. The highest BCUT2D eigenvalue weighted by Crippen LogP contribution is 2.51. The topological polar surface area (TPSA) is 63.5 Å². The highest BCUT2D eigenvalue weighted by molar-refractivity contribution is 5.82. The Balaban J connectivity index is 1.96. The van der Waals surface area contributed by atoms with Crippen molar-refractivity contribution in [2.45, 2.75) is 24.9 Å². The van der Waals surface area contributed by atoms with Gasteiger partial charge < -0.3 is 4.90 Å². The van der Waals surface area contributed by atoms with E-state index in [-0.39, 0.29) is 36.5 Å². The molecule has 1 aliphatic carbocycles. The van der Waals surface area contributed by atoms with Gasteiger partial charge in [0.15, 0.2) is 0 Å². The van der Waals surface area contributed by atoms with E-state index in [9.17, 15) is 28.1 Å². The summed E-state index contributed by atoms with van der Waals surface area (Å²) in [5.74, 6) is -2.27. The molecule has 1 heterocycles. The first-order chi connectivity index (χ1) is 10.2. The van der Waals surface area contributed by atoms with E-state index in [0.29, 0.717) is 5.56 Å². The van der Waals surface area contributed by atoms with Crippen molar-refractivity contribution >= 4 is 11.6 Å². The molecule has 8 heteroatoms. The van der Waals surface area contributed by atoms with Crippen molar-refractivity contribution in [2.24, 2.45) is 5.92 Å². The Hall–Kier alpha value is -2.12. The van der Waals surface area contributed by atoms with Crippen LogP contribution in [0.5, 0.6) is 0 Å². The SMILES string of the molecule is CC1C2CN(C(=O)C(F)(F)F)CC1c1cc([N+](=O)[O-])ccc12. The molecule has 22 heavy (non-hydrogen) atoms. The van der Waals surface area contributed by atoms with Crippen molar-refractivity contribution in [3.8, 4) is 0 Å². The number of rotatable bonds is 1. The number of carbonyl (C=O) groups is 1. The average molecular weight is 314 g/mol. The molecule has 2 aliphatic rings. The predicted molar refractivity (Wildman–Crippen MR) is 70.4 cm³/mol. The summed E-state index contributed by atoms with van der Waals surface area (Å²) in [7, 11) is 0. The van der Waals surface area contributed by atoms with Crippen molar-refractivity contribution in [3.05, 3.63) is 39.4 Å². The normalized spacial score (nSPS) is 26.7. The molecule has 3 atom stereocenters. The average Bonchev–Trinajstić information content (AvgIpc) is 2.60. The van der Waals surface area contributed by atoms with Crippen LogP contribution in [0.1, 0.15) is 29.9 Å². The number of likely N-dealkylation sites (tertiary alicyclic amines) is 1. The minimum atomic E-state index is -4.89. The van der Waals surface area contributed by atoms with Crippen molar-refractivity contribution in [2.75, 3.05) is 13.1 Å². The van der Waals surface area contributed by atoms with Gasteiger partial charge in [0.25, 0.3) is 5.69 Å². The molecule has 1 aliphatic heterocycles. The summed E-state index contributed by atoms with van der Waals surface area (Å²) >= 11 is 0. The number of benzene rings is 1. The molecule has 0 radical (unpaired) electrons. The summed E-state index contributed by atoms with van der Waals surface area (Å²) in [6, 6.07) is 4.40. The number of alkyl halides is 3. The van der Waals surface area contributed by atoms with Crippen LogP contribution in [0.2, 0.25) is 0 Å². The summed E-state index contributed by atoms with van der Waals surface area (Å²) in [5, 5.41) is 10.9. The molecule has 1 aromatic carbocycles. The van der Waals surface area contributed by atoms with Gasteiger partial charge in [-0.3, -0.25) is 14.9 Å². The quantitative estimate of drug-likeness (QED) is 0.591. The maximum Gasteiger partial charge on any atom is 0.471 e. The molecule has 0 saturated carbocycles. The van der Waals surface area contributed by atoms with Gasteiger partial charge in [-0.05, 0) is 17.0 Å². The molecule has 3 unspecified atom stereocenters. The van der Waals surface area contributed by atoms with Gasteiger partial charge in [-0.1, -0.05) is 13.0 Å². The van der Waals surface area contributed by atoms with E-state index >= 15 is 0 Å². The van der Waals surface area contributed by atoms with E-state index < -0.39 is 17.0 Å². The van der Waals surface area contributed by atoms with Crippen molar-refractivity contribution < 1.29 is 22.9 Å². The fourth-order valence-corrected chi connectivity index (χ4v) is 3.61. The van der Waals surface area contributed by atoms with Crippen molar-refractivity contribution in [1.29, 1.82) is 0 Å². The third-order valence-corrected chi connectivity index (χ3v) is 4.71. The third kappa shape index (κ3) is 2.13. The number of hydrogen-bond acceptors (Lipinski definition) is 3. The number of non-ortho nitro benzene ring substituents is 1. The number of amides is 1. The molecule has 0 N–H and O–H groups in total. The Morgan fingerprint density at radius 2 is 1.86 bits per heavy atom. The summed E-state index contributed by atoms with van der Waals surface area (Å²) in [4.78, 5) is 22.6. The minimum Gasteiger partial charge on any atom is -0.334 e. The maximum atomic E-state index is 12.6. The Kier molecular flexibility index (Phi) is 3.15. The standard InChI is InChI=1S/C14H13F3N2O3/c1-7-11-5-18(13(20)14(15,16)17)6-12(7)10-4-8(19(21)22)2-3-9(10)11/h2-4,7,11-12H,5-6H2,1H3. The monoisotopic (exact) mass is 314 g/mol. The van der Waals surface area contributed by atoms with Crippen LogP contribution in [0.25, 0.3) is 0 Å². The zero-order valence-corrected chi connectivity index (χ0v) is 11.6. The second-order valence-electron chi connectivity index (χ2n) is 5.85. The number of nitro benzene ring substituents is 1. The lowest BCUT2D eigenvalue weighted by molar-refractivity contribution is -0.384. The van der Waals surface area contributed by atoms with Gasteiger partial charge >= 0.3 is 12.1 Å². The number of piperidine rings is 1. The number of fused-ring (bicyclic) bond motifs is 5. The number of nitrogens with zero attached hydrogens (tertiary/aromatic N) is 2. The van der Waals surface area contributed by atoms with E-state index in [2.05, 4.69) is 0 Å². The summed E-state index contributed by atoms with van der Waals surface area (Å²) in [5.41, 5.74) is 1.44. The minimum absolute atomic E-state index is 0.000814. The molecular weight excluding hydrogens is 301 g/mol. The van der Waals surface area contributed by atoms with Gasteiger partial charge in [-0.15, -0.1) is 0 Å². The largest absolute Gasteiger partial charge is 0.471 e. The van der Waals surface area contributed by atoms with E-state index in [0.717, 1.165) is 10.5 Å². The maximum absolute atomic E-state index is 12.6. The lowest BCUT2D eigenvalue weighted by Crippen LogP contribution is -2.48. The lowest BCUT2D eigenvalue weighted by atomic mass is 9.84. The molecule has 5 nitrogen and oxygen atoms in total. The van der Waals surface area contributed by atoms with Crippen molar-refractivity contribution in [1.82, 2.24) is 4.90 Å². The molecule has 0 spiro atoms. The van der Waals surface area contributed by atoms with Crippen LogP contribution >= 0.6 is 0 Å². The van der Waals surface area contributed by atoms with Crippen molar-refractivity contribution in [3.63, 3.8) is 0 Å². The van der Waals surface area contributed by atoms with Gasteiger partial charge in [0.2, 0.25) is 0 Å². The molecule has 1 fully saturated rings. The Morgan fingerprint density at radius 3 is 2.41 bits per heavy atom. The van der Waals surface area contributed by atoms with Crippen LogP contribution < -0.4 is 0 Å². The van der Waals surface area contributed by atoms with Crippen LogP contribution in [0, 0.1) is 16.0 Å². The smallest absolute Gasteiger partial charge is 0.334 e. The van der Waals surface area contributed by atoms with E-state index in [1.807, 2.05) is 6.92 Å². The van der Waals surface area contributed by atoms with Crippen LogP contribution in [0.3, 0.4) is 0 Å². The van der Waals surface area contributed by atoms with Gasteiger partial charge in [-0.25, -0.2) is 0 Å². The molecule has 1 aromatic rings. The van der Waals surface area contributed by atoms with Crippen LogP contribution in [-0.4, -0.2) is 35.0 Å². The fourth-order valence-electron chi connectivity index (χ4n) is 3.61. The molecule has 2 bridgehead atoms. The molecule has 1 amide bonds. The first-order valence-corrected chi connectivity index (χ1v) is 6.84. The highest BCUT2D eigenvalue weighted by Gasteiger charge is 2.50. The Morgan fingerprint density at radius 1 is 1.27 bits per heavy atom. The van der Waals surface area contributed by atoms with Gasteiger partial charge in [0, 0.05) is 37.1 Å². The first kappa shape index (κ1) is 14.8. The van der Waals surface area contributed by atoms with Crippen LogP contribution in [0.15, 0.2) is 18.2 Å². The number of halogens is 3. The van der Waals surface area contributed by atoms with E-state index in [1.165, 1.54) is 12.1 Å². The number of nitro groups is 1. The van der Waals surface area contributed by atoms with Gasteiger partial charge in [0.1, 0.15) is 0 Å².